The van der Waals surface area contributed by atoms with E-state index in [0.717, 1.165) is 12.5 Å². The van der Waals surface area contributed by atoms with E-state index in [1.807, 2.05) is 0 Å². The number of rotatable bonds is 5. The van der Waals surface area contributed by atoms with Crippen molar-refractivity contribution in [2.45, 2.75) is 31.8 Å². The average molecular weight is 288 g/mol. The zero-order valence-electron chi connectivity index (χ0n) is 10.3. The van der Waals surface area contributed by atoms with Crippen LogP contribution in [0.1, 0.15) is 37.4 Å². The summed E-state index contributed by atoms with van der Waals surface area (Å²) in [5.74, 6) is 0.770. The van der Waals surface area contributed by atoms with Gasteiger partial charge in [0.25, 0.3) is 0 Å². The molecule has 100 valence electrons. The average Bonchev–Trinajstić information content (AvgIpc) is 2.85. The van der Waals surface area contributed by atoms with E-state index in [1.54, 1.807) is 18.2 Å². The van der Waals surface area contributed by atoms with Gasteiger partial charge < -0.3 is 10.4 Å². The molecule has 1 aromatic rings. The van der Waals surface area contributed by atoms with Gasteiger partial charge in [-0.15, -0.1) is 0 Å². The number of benzene rings is 1. The van der Waals surface area contributed by atoms with Crippen molar-refractivity contribution in [3.63, 3.8) is 0 Å². The molecule has 4 heteroatoms. The Hall–Kier alpha value is -0.280. The lowest BCUT2D eigenvalue weighted by molar-refractivity contribution is 0.173. The van der Waals surface area contributed by atoms with E-state index in [1.165, 1.54) is 25.7 Å². The molecular formula is C14H19Cl2NO. The van der Waals surface area contributed by atoms with Gasteiger partial charge in [-0.25, -0.2) is 0 Å². The second-order valence-electron chi connectivity index (χ2n) is 4.99. The zero-order valence-corrected chi connectivity index (χ0v) is 11.8. The van der Waals surface area contributed by atoms with Gasteiger partial charge in [-0.3, -0.25) is 0 Å². The first kappa shape index (κ1) is 14.1. The lowest BCUT2D eigenvalue weighted by Crippen LogP contribution is -2.26. The fourth-order valence-corrected chi connectivity index (χ4v) is 2.94. The molecule has 1 fully saturated rings. The maximum Gasteiger partial charge on any atom is 0.0929 e. The Morgan fingerprint density at radius 3 is 2.72 bits per heavy atom. The van der Waals surface area contributed by atoms with Crippen molar-refractivity contribution >= 4 is 23.2 Å². The number of hydrogen-bond acceptors (Lipinski definition) is 2. The molecule has 1 unspecified atom stereocenters. The molecule has 0 heterocycles. The van der Waals surface area contributed by atoms with Crippen LogP contribution >= 0.6 is 23.2 Å². The molecule has 0 saturated heterocycles. The fourth-order valence-electron chi connectivity index (χ4n) is 2.52. The third-order valence-electron chi connectivity index (χ3n) is 3.56. The topological polar surface area (TPSA) is 32.3 Å². The van der Waals surface area contributed by atoms with Gasteiger partial charge in [0.15, 0.2) is 0 Å². The highest BCUT2D eigenvalue weighted by Crippen LogP contribution is 2.27. The molecule has 0 amide bonds. The number of aliphatic hydroxyl groups is 1. The standard InChI is InChI=1S/C14H19Cl2NO/c15-11-5-6-13(16)12(7-11)14(18)9-17-8-10-3-1-2-4-10/h5-7,10,14,17-18H,1-4,8-9H2. The van der Waals surface area contributed by atoms with E-state index in [9.17, 15) is 5.11 Å². The molecule has 0 spiro atoms. The number of hydrogen-bond donors (Lipinski definition) is 2. The Balaban J connectivity index is 1.83. The molecule has 2 nitrogen and oxygen atoms in total. The van der Waals surface area contributed by atoms with Crippen molar-refractivity contribution in [1.82, 2.24) is 5.32 Å². The molecule has 0 bridgehead atoms. The van der Waals surface area contributed by atoms with E-state index in [2.05, 4.69) is 5.32 Å². The molecular weight excluding hydrogens is 269 g/mol. The SMILES string of the molecule is OC(CNCC1CCCC1)c1cc(Cl)ccc1Cl. The van der Waals surface area contributed by atoms with Crippen LogP contribution < -0.4 is 5.32 Å². The minimum atomic E-state index is -0.599. The molecule has 1 atom stereocenters. The van der Waals surface area contributed by atoms with Crippen molar-refractivity contribution in [2.75, 3.05) is 13.1 Å². The Labute approximate surface area is 118 Å². The lowest BCUT2D eigenvalue weighted by Gasteiger charge is -2.16. The second kappa shape index (κ2) is 6.76. The van der Waals surface area contributed by atoms with E-state index < -0.39 is 6.10 Å². The van der Waals surface area contributed by atoms with Gasteiger partial charge >= 0.3 is 0 Å². The summed E-state index contributed by atoms with van der Waals surface area (Å²) in [7, 11) is 0. The predicted molar refractivity (Wildman–Crippen MR) is 76.2 cm³/mol. The van der Waals surface area contributed by atoms with E-state index in [0.29, 0.717) is 22.2 Å². The van der Waals surface area contributed by atoms with Crippen molar-refractivity contribution in [2.24, 2.45) is 5.92 Å². The third kappa shape index (κ3) is 3.86. The van der Waals surface area contributed by atoms with Crippen LogP contribution in [0.4, 0.5) is 0 Å². The minimum absolute atomic E-state index is 0.524. The van der Waals surface area contributed by atoms with Gasteiger partial charge in [0.2, 0.25) is 0 Å². The molecule has 2 N–H and O–H groups in total. The number of aliphatic hydroxyl groups excluding tert-OH is 1. The Morgan fingerprint density at radius 1 is 1.28 bits per heavy atom. The second-order valence-corrected chi connectivity index (χ2v) is 5.83. The number of nitrogens with one attached hydrogen (secondary N) is 1. The molecule has 0 aliphatic heterocycles. The highest BCUT2D eigenvalue weighted by molar-refractivity contribution is 6.33. The van der Waals surface area contributed by atoms with Gasteiger partial charge in [-0.1, -0.05) is 36.0 Å². The van der Waals surface area contributed by atoms with Crippen LogP contribution in [-0.2, 0) is 0 Å². The molecule has 1 aromatic carbocycles. The Morgan fingerprint density at radius 2 is 2.00 bits per heavy atom. The molecule has 0 radical (unpaired) electrons. The maximum absolute atomic E-state index is 10.1. The summed E-state index contributed by atoms with van der Waals surface area (Å²) >= 11 is 12.0. The van der Waals surface area contributed by atoms with Crippen LogP contribution in [0.25, 0.3) is 0 Å². The van der Waals surface area contributed by atoms with E-state index >= 15 is 0 Å². The molecule has 2 rings (SSSR count). The summed E-state index contributed by atoms with van der Waals surface area (Å²) in [5.41, 5.74) is 0.697. The van der Waals surface area contributed by atoms with Crippen molar-refractivity contribution in [1.29, 1.82) is 0 Å². The highest BCUT2D eigenvalue weighted by atomic mass is 35.5. The largest absolute Gasteiger partial charge is 0.387 e. The van der Waals surface area contributed by atoms with Gasteiger partial charge in [-0.05, 0) is 43.5 Å². The summed E-state index contributed by atoms with van der Waals surface area (Å²) in [4.78, 5) is 0. The normalized spacial score (nSPS) is 18.2. The monoisotopic (exact) mass is 287 g/mol. The minimum Gasteiger partial charge on any atom is -0.387 e. The van der Waals surface area contributed by atoms with Crippen molar-refractivity contribution in [3.8, 4) is 0 Å². The van der Waals surface area contributed by atoms with Crippen LogP contribution in [0.5, 0.6) is 0 Å². The third-order valence-corrected chi connectivity index (χ3v) is 4.14. The van der Waals surface area contributed by atoms with Crippen molar-refractivity contribution in [3.05, 3.63) is 33.8 Å². The van der Waals surface area contributed by atoms with Crippen LogP contribution in [0.3, 0.4) is 0 Å². The van der Waals surface area contributed by atoms with Gasteiger partial charge in [0.1, 0.15) is 0 Å². The zero-order chi connectivity index (χ0) is 13.0. The first-order valence-electron chi connectivity index (χ1n) is 6.50. The highest BCUT2D eigenvalue weighted by Gasteiger charge is 2.16. The van der Waals surface area contributed by atoms with E-state index in [4.69, 9.17) is 23.2 Å². The summed E-state index contributed by atoms with van der Waals surface area (Å²) in [6, 6.07) is 5.18. The smallest absolute Gasteiger partial charge is 0.0929 e. The molecule has 1 saturated carbocycles. The van der Waals surface area contributed by atoms with Crippen LogP contribution in [0.15, 0.2) is 18.2 Å². The fraction of sp³-hybridized carbons (Fsp3) is 0.571. The summed E-state index contributed by atoms with van der Waals surface area (Å²) in [6.45, 7) is 1.51. The Bertz CT molecular complexity index is 391. The van der Waals surface area contributed by atoms with Gasteiger partial charge in [0, 0.05) is 22.2 Å². The molecule has 1 aliphatic carbocycles. The lowest BCUT2D eigenvalue weighted by atomic mass is 10.1. The number of halogens is 2. The van der Waals surface area contributed by atoms with Crippen LogP contribution in [-0.4, -0.2) is 18.2 Å². The maximum atomic E-state index is 10.1. The van der Waals surface area contributed by atoms with Gasteiger partial charge in [-0.2, -0.15) is 0 Å². The van der Waals surface area contributed by atoms with Crippen LogP contribution in [0.2, 0.25) is 10.0 Å². The van der Waals surface area contributed by atoms with Crippen molar-refractivity contribution < 1.29 is 5.11 Å². The quantitative estimate of drug-likeness (QED) is 0.863. The predicted octanol–water partition coefficient (Wildman–Crippen LogP) is 3.81. The summed E-state index contributed by atoms with van der Waals surface area (Å²) in [5, 5.41) is 14.6. The van der Waals surface area contributed by atoms with Gasteiger partial charge in [0.05, 0.1) is 6.10 Å². The molecule has 18 heavy (non-hydrogen) atoms. The first-order valence-corrected chi connectivity index (χ1v) is 7.26. The first-order chi connectivity index (χ1) is 8.66. The molecule has 1 aliphatic rings. The Kier molecular flexibility index (Phi) is 5.31. The van der Waals surface area contributed by atoms with Crippen LogP contribution in [0, 0.1) is 5.92 Å². The summed E-state index contributed by atoms with van der Waals surface area (Å²) in [6.07, 6.45) is 4.70. The van der Waals surface area contributed by atoms with E-state index in [-0.39, 0.29) is 0 Å². The summed E-state index contributed by atoms with van der Waals surface area (Å²) < 4.78 is 0. The molecule has 0 aromatic heterocycles.